The van der Waals surface area contributed by atoms with Crippen molar-refractivity contribution in [3.05, 3.63) is 49.7 Å². The molecule has 7 heteroatoms. The Morgan fingerprint density at radius 3 is 2.72 bits per heavy atom. The molecule has 1 N–H and O–H groups in total. The molecule has 0 aliphatic heterocycles. The van der Waals surface area contributed by atoms with Crippen molar-refractivity contribution in [1.82, 2.24) is 0 Å². The summed E-state index contributed by atoms with van der Waals surface area (Å²) in [7, 11) is 1.38. The van der Waals surface area contributed by atoms with Gasteiger partial charge < -0.3 is 10.1 Å². The molecule has 4 rings (SSSR count). The monoisotopic (exact) mass is 489 g/mol. The van der Waals surface area contributed by atoms with Crippen LogP contribution in [-0.4, -0.2) is 19.0 Å². The van der Waals surface area contributed by atoms with Gasteiger partial charge in [0.2, 0.25) is 0 Å². The van der Waals surface area contributed by atoms with Gasteiger partial charge in [-0.2, -0.15) is 0 Å². The number of thiophene rings is 2. The second kappa shape index (κ2) is 8.81. The summed E-state index contributed by atoms with van der Waals surface area (Å²) in [5.74, 6) is -0.139. The fourth-order valence-corrected chi connectivity index (χ4v) is 7.25. The molecule has 0 saturated carbocycles. The number of amides is 1. The maximum absolute atomic E-state index is 13.2. The van der Waals surface area contributed by atoms with Crippen LogP contribution < -0.4 is 5.32 Å². The van der Waals surface area contributed by atoms with Crippen molar-refractivity contribution in [3.63, 3.8) is 0 Å². The first-order valence-electron chi connectivity index (χ1n) is 10.9. The zero-order valence-electron chi connectivity index (χ0n) is 19.1. The minimum atomic E-state index is -0.399. The number of nitrogens with one attached hydrogen (secondary N) is 1. The lowest BCUT2D eigenvalue weighted by Crippen LogP contribution is -2.28. The highest BCUT2D eigenvalue weighted by atomic mass is 35.5. The number of fused-ring (bicyclic) bond motifs is 2. The Labute approximate surface area is 201 Å². The fourth-order valence-electron chi connectivity index (χ4n) is 4.43. The highest BCUT2D eigenvalue weighted by Gasteiger charge is 2.36. The normalized spacial score (nSPS) is 16.1. The summed E-state index contributed by atoms with van der Waals surface area (Å²) >= 11 is 9.42. The van der Waals surface area contributed by atoms with Crippen molar-refractivity contribution < 1.29 is 14.3 Å². The van der Waals surface area contributed by atoms with E-state index in [9.17, 15) is 9.59 Å². The number of esters is 1. The highest BCUT2D eigenvalue weighted by molar-refractivity contribution is 7.22. The number of benzene rings is 1. The van der Waals surface area contributed by atoms with E-state index in [2.05, 4.69) is 26.1 Å². The molecule has 2 heterocycles. The number of rotatable bonds is 5. The molecule has 170 valence electrons. The molecule has 2 aromatic heterocycles. The number of ether oxygens (including phenoxy) is 1. The molecule has 0 radical (unpaired) electrons. The second-order valence-electron chi connectivity index (χ2n) is 9.18. The molecule has 3 aromatic rings. The molecule has 0 bridgehead atoms. The first-order valence-corrected chi connectivity index (χ1v) is 12.9. The summed E-state index contributed by atoms with van der Waals surface area (Å²) < 4.78 is 6.06. The van der Waals surface area contributed by atoms with Gasteiger partial charge in [-0.05, 0) is 54.7 Å². The predicted octanol–water partition coefficient (Wildman–Crippen LogP) is 7.50. The van der Waals surface area contributed by atoms with Gasteiger partial charge in [-0.1, -0.05) is 50.9 Å². The molecule has 1 aliphatic carbocycles. The number of carbonyl (C=O) groups excluding carboxylic acids is 2. The smallest absolute Gasteiger partial charge is 0.341 e. The van der Waals surface area contributed by atoms with Gasteiger partial charge in [0.05, 0.1) is 17.7 Å². The van der Waals surface area contributed by atoms with Crippen LogP contribution in [0.5, 0.6) is 0 Å². The van der Waals surface area contributed by atoms with Crippen LogP contribution in [0, 0.1) is 18.3 Å². The Morgan fingerprint density at radius 1 is 1.28 bits per heavy atom. The molecular weight excluding hydrogens is 462 g/mol. The van der Waals surface area contributed by atoms with Crippen LogP contribution in [0.3, 0.4) is 0 Å². The average Bonchev–Trinajstić information content (AvgIpc) is 3.29. The number of methoxy groups -OCH3 is 1. The lowest BCUT2D eigenvalue weighted by molar-refractivity contribution is 0.0600. The Balaban J connectivity index is 1.69. The van der Waals surface area contributed by atoms with Gasteiger partial charge >= 0.3 is 5.97 Å². The number of hydrogen-bond acceptors (Lipinski definition) is 5. The molecule has 32 heavy (non-hydrogen) atoms. The van der Waals surface area contributed by atoms with E-state index >= 15 is 0 Å². The molecule has 0 fully saturated rings. The summed E-state index contributed by atoms with van der Waals surface area (Å²) in [6.45, 7) is 8.86. The molecular formula is C25H28ClNO3S2. The van der Waals surface area contributed by atoms with Gasteiger partial charge in [0, 0.05) is 15.0 Å². The topological polar surface area (TPSA) is 55.4 Å². The molecule has 1 aromatic carbocycles. The summed E-state index contributed by atoms with van der Waals surface area (Å²) in [6.07, 6.45) is 3.88. The van der Waals surface area contributed by atoms with Crippen molar-refractivity contribution in [2.24, 2.45) is 11.3 Å². The fraction of sp³-hybridized carbons (Fsp3) is 0.440. The van der Waals surface area contributed by atoms with Crippen LogP contribution in [0.1, 0.15) is 69.6 Å². The van der Waals surface area contributed by atoms with Gasteiger partial charge in [-0.15, -0.1) is 22.7 Å². The highest BCUT2D eigenvalue weighted by Crippen LogP contribution is 2.46. The Kier molecular flexibility index (Phi) is 6.40. The summed E-state index contributed by atoms with van der Waals surface area (Å²) in [5, 5.41) is 4.87. The standard InChI is InChI=1S/C25H28ClNO3S2/c1-6-25(3,4)14-8-10-15-18(12-14)32-23(19(15)24(29)30-5)27-22(28)21-20(26)16-9-7-13(2)11-17(16)31-21/h7,9,11,14H,6,8,10,12H2,1-5H3,(H,27,28). The van der Waals surface area contributed by atoms with E-state index in [4.69, 9.17) is 16.3 Å². The van der Waals surface area contributed by atoms with E-state index < -0.39 is 5.97 Å². The van der Waals surface area contributed by atoms with Gasteiger partial charge in [-0.25, -0.2) is 4.79 Å². The largest absolute Gasteiger partial charge is 0.465 e. The summed E-state index contributed by atoms with van der Waals surface area (Å²) in [5.41, 5.74) is 2.88. The van der Waals surface area contributed by atoms with Crippen LogP contribution in [0.15, 0.2) is 18.2 Å². The number of carbonyl (C=O) groups is 2. The lowest BCUT2D eigenvalue weighted by atomic mass is 9.69. The van der Waals surface area contributed by atoms with Crippen molar-refractivity contribution in [1.29, 1.82) is 0 Å². The van der Waals surface area contributed by atoms with E-state index in [0.29, 0.717) is 26.4 Å². The predicted molar refractivity (Wildman–Crippen MR) is 135 cm³/mol. The van der Waals surface area contributed by atoms with Crippen LogP contribution >= 0.6 is 34.3 Å². The maximum atomic E-state index is 13.2. The van der Waals surface area contributed by atoms with Gasteiger partial charge in [0.15, 0.2) is 0 Å². The van der Waals surface area contributed by atoms with Gasteiger partial charge in [-0.3, -0.25) is 4.79 Å². The number of anilines is 1. The Bertz CT molecular complexity index is 1210. The van der Waals surface area contributed by atoms with Crippen molar-refractivity contribution in [2.45, 2.75) is 53.4 Å². The van der Waals surface area contributed by atoms with Crippen molar-refractivity contribution >= 4 is 61.2 Å². The van der Waals surface area contributed by atoms with E-state index in [1.165, 1.54) is 34.7 Å². The molecule has 1 amide bonds. The van der Waals surface area contributed by atoms with E-state index in [1.807, 2.05) is 25.1 Å². The first kappa shape index (κ1) is 23.3. The number of aryl methyl sites for hydroxylation is 1. The molecule has 0 spiro atoms. The Hall–Kier alpha value is -1.89. The molecule has 4 nitrogen and oxygen atoms in total. The average molecular weight is 490 g/mol. The van der Waals surface area contributed by atoms with E-state index in [1.54, 1.807) is 0 Å². The van der Waals surface area contributed by atoms with Crippen molar-refractivity contribution in [3.8, 4) is 0 Å². The van der Waals surface area contributed by atoms with Crippen LogP contribution in [0.4, 0.5) is 5.00 Å². The third-order valence-corrected chi connectivity index (χ3v) is 9.72. The molecule has 1 unspecified atom stereocenters. The van der Waals surface area contributed by atoms with Crippen LogP contribution in [-0.2, 0) is 17.6 Å². The Morgan fingerprint density at radius 2 is 2.03 bits per heavy atom. The number of halogens is 1. The maximum Gasteiger partial charge on any atom is 0.341 e. The zero-order valence-corrected chi connectivity index (χ0v) is 21.4. The summed E-state index contributed by atoms with van der Waals surface area (Å²) in [4.78, 5) is 27.5. The molecule has 0 saturated heterocycles. The van der Waals surface area contributed by atoms with Crippen molar-refractivity contribution in [2.75, 3.05) is 12.4 Å². The lowest BCUT2D eigenvalue weighted by Gasteiger charge is -2.36. The summed E-state index contributed by atoms with van der Waals surface area (Å²) in [6, 6.07) is 5.96. The van der Waals surface area contributed by atoms with E-state index in [-0.39, 0.29) is 11.3 Å². The third-order valence-electron chi connectivity index (χ3n) is 6.89. The van der Waals surface area contributed by atoms with Crippen LogP contribution in [0.2, 0.25) is 5.02 Å². The molecule has 1 atom stereocenters. The van der Waals surface area contributed by atoms with Gasteiger partial charge in [0.25, 0.3) is 5.91 Å². The van der Waals surface area contributed by atoms with Crippen LogP contribution in [0.25, 0.3) is 10.1 Å². The minimum absolute atomic E-state index is 0.235. The quantitative estimate of drug-likeness (QED) is 0.377. The minimum Gasteiger partial charge on any atom is -0.465 e. The third kappa shape index (κ3) is 4.09. The number of hydrogen-bond donors (Lipinski definition) is 1. The zero-order chi connectivity index (χ0) is 23.2. The second-order valence-corrected chi connectivity index (χ2v) is 11.7. The SMILES string of the molecule is CCC(C)(C)C1CCc2c(sc(NC(=O)c3sc4cc(C)ccc4c3Cl)c2C(=O)OC)C1. The van der Waals surface area contributed by atoms with E-state index in [0.717, 1.165) is 46.9 Å². The molecule has 1 aliphatic rings. The first-order chi connectivity index (χ1) is 15.2. The van der Waals surface area contributed by atoms with Gasteiger partial charge in [0.1, 0.15) is 9.88 Å².